The molecule has 0 spiro atoms. The van der Waals surface area contributed by atoms with Crippen LogP contribution in [0.25, 0.3) is 0 Å². The fraction of sp³-hybridized carbons (Fsp3) is 0.286. The van der Waals surface area contributed by atoms with Gasteiger partial charge in [0.05, 0.1) is 5.57 Å². The van der Waals surface area contributed by atoms with Gasteiger partial charge in [-0.2, -0.15) is 8.78 Å². The summed E-state index contributed by atoms with van der Waals surface area (Å²) >= 11 is 0. The molecule has 39 heavy (non-hydrogen) atoms. The maximum absolute atomic E-state index is 14.4. The van der Waals surface area contributed by atoms with E-state index in [2.05, 4.69) is 48.9 Å². The van der Waals surface area contributed by atoms with Crippen LogP contribution in [0.4, 0.5) is 39.5 Å². The van der Waals surface area contributed by atoms with E-state index in [1.54, 1.807) is 6.92 Å². The first-order valence-corrected chi connectivity index (χ1v) is 11.1. The summed E-state index contributed by atoms with van der Waals surface area (Å²) in [5, 5.41) is 0. The summed E-state index contributed by atoms with van der Waals surface area (Å²) in [7, 11) is 0. The lowest BCUT2D eigenvalue weighted by Crippen LogP contribution is -2.21. The Morgan fingerprint density at radius 1 is 0.769 bits per heavy atom. The Labute approximate surface area is 221 Å². The first-order valence-electron chi connectivity index (χ1n) is 11.1. The largest absolute Gasteiger partial charge is 0.573 e. The Kier molecular flexibility index (Phi) is 13.2. The quantitative estimate of drug-likeness (QED) is 0.111. The molecule has 0 aliphatic heterocycles. The van der Waals surface area contributed by atoms with Gasteiger partial charge in [-0.3, -0.25) is 0 Å². The molecule has 2 nitrogen and oxygen atoms in total. The zero-order valence-corrected chi connectivity index (χ0v) is 21.6. The highest BCUT2D eigenvalue weighted by atomic mass is 19.4. The van der Waals surface area contributed by atoms with Gasteiger partial charge < -0.3 is 9.47 Å². The molecule has 0 aliphatic rings. The lowest BCUT2D eigenvalue weighted by atomic mass is 9.96. The van der Waals surface area contributed by atoms with Crippen LogP contribution in [-0.4, -0.2) is 12.5 Å². The van der Waals surface area contributed by atoms with Crippen molar-refractivity contribution in [3.05, 3.63) is 121 Å². The van der Waals surface area contributed by atoms with Crippen LogP contribution in [0.15, 0.2) is 121 Å². The molecule has 216 valence electrons. The van der Waals surface area contributed by atoms with Gasteiger partial charge >= 0.3 is 12.5 Å². The summed E-state index contributed by atoms with van der Waals surface area (Å²) < 4.78 is 129. The Hall–Kier alpha value is -3.63. The van der Waals surface area contributed by atoms with E-state index < -0.39 is 75.9 Å². The zero-order valence-electron chi connectivity index (χ0n) is 21.6. The third-order valence-electron chi connectivity index (χ3n) is 5.11. The smallest absolute Gasteiger partial charge is 0.429 e. The topological polar surface area (TPSA) is 18.5 Å². The number of halogens is 9. The van der Waals surface area contributed by atoms with Gasteiger partial charge in [0.2, 0.25) is 0 Å². The standard InChI is InChI=1S/C28H29F9O2/c1-10-15(2)25(31)26(32)21(8)16(3)11-12-18(5)27(33,34)38-19(6)14-23(29)20(7)17(4)13-24(30)22(9)39-28(35,36)37/h11-15,21H,3-7,9-10H2,1-2,8H3/b12-11-,23-14+,24-13+,26-25-. The summed E-state index contributed by atoms with van der Waals surface area (Å²) in [6.45, 7) is 23.4. The van der Waals surface area contributed by atoms with E-state index in [-0.39, 0.29) is 5.57 Å². The second-order valence-corrected chi connectivity index (χ2v) is 8.20. The summed E-state index contributed by atoms with van der Waals surface area (Å²) in [5.41, 5.74) is -2.32. The highest BCUT2D eigenvalue weighted by molar-refractivity contribution is 5.49. The number of ether oxygens (including phenoxy) is 2. The van der Waals surface area contributed by atoms with E-state index in [9.17, 15) is 39.5 Å². The Bertz CT molecular complexity index is 1130. The molecular formula is C28H29F9O2. The molecule has 0 rings (SSSR count). The van der Waals surface area contributed by atoms with Crippen molar-refractivity contribution in [2.45, 2.75) is 39.7 Å². The fourth-order valence-corrected chi connectivity index (χ4v) is 2.38. The molecule has 2 unspecified atom stereocenters. The van der Waals surface area contributed by atoms with Crippen LogP contribution < -0.4 is 0 Å². The highest BCUT2D eigenvalue weighted by Gasteiger charge is 2.35. The first-order chi connectivity index (χ1) is 17.6. The van der Waals surface area contributed by atoms with Crippen LogP contribution in [0.1, 0.15) is 27.2 Å². The Morgan fingerprint density at radius 2 is 1.31 bits per heavy atom. The predicted molar refractivity (Wildman–Crippen MR) is 133 cm³/mol. The molecule has 0 heterocycles. The average molecular weight is 569 g/mol. The van der Waals surface area contributed by atoms with Crippen molar-refractivity contribution in [1.29, 1.82) is 0 Å². The molecular weight excluding hydrogens is 539 g/mol. The Morgan fingerprint density at radius 3 is 1.79 bits per heavy atom. The molecule has 2 atom stereocenters. The van der Waals surface area contributed by atoms with E-state index in [1.165, 1.54) is 13.8 Å². The van der Waals surface area contributed by atoms with Crippen molar-refractivity contribution in [3.63, 3.8) is 0 Å². The van der Waals surface area contributed by atoms with Crippen LogP contribution in [0.5, 0.6) is 0 Å². The third kappa shape index (κ3) is 11.7. The minimum atomic E-state index is -5.23. The molecule has 0 aromatic carbocycles. The molecule has 0 saturated heterocycles. The van der Waals surface area contributed by atoms with Gasteiger partial charge in [0.25, 0.3) is 0 Å². The van der Waals surface area contributed by atoms with Gasteiger partial charge in [-0.05, 0) is 29.7 Å². The molecule has 0 aromatic rings. The van der Waals surface area contributed by atoms with E-state index in [0.29, 0.717) is 18.6 Å². The van der Waals surface area contributed by atoms with E-state index in [4.69, 9.17) is 0 Å². The van der Waals surface area contributed by atoms with Crippen LogP contribution >= 0.6 is 0 Å². The minimum absolute atomic E-state index is 0.0499. The normalized spacial score (nSPS) is 15.3. The van der Waals surface area contributed by atoms with Crippen molar-refractivity contribution < 1.29 is 49.0 Å². The average Bonchev–Trinajstić information content (AvgIpc) is 2.82. The third-order valence-corrected chi connectivity index (χ3v) is 5.11. The van der Waals surface area contributed by atoms with Gasteiger partial charge in [0.1, 0.15) is 23.2 Å². The van der Waals surface area contributed by atoms with Gasteiger partial charge in [-0.1, -0.05) is 66.3 Å². The van der Waals surface area contributed by atoms with Crippen molar-refractivity contribution >= 4 is 0 Å². The molecule has 0 N–H and O–H groups in total. The minimum Gasteiger partial charge on any atom is -0.429 e. The molecule has 11 heteroatoms. The van der Waals surface area contributed by atoms with Gasteiger partial charge in [0.15, 0.2) is 11.6 Å². The van der Waals surface area contributed by atoms with Crippen molar-refractivity contribution in [2.75, 3.05) is 0 Å². The lowest BCUT2D eigenvalue weighted by molar-refractivity contribution is -0.304. The number of hydrogen-bond acceptors (Lipinski definition) is 2. The molecule has 0 aliphatic carbocycles. The fourth-order valence-electron chi connectivity index (χ4n) is 2.38. The lowest BCUT2D eigenvalue weighted by Gasteiger charge is -2.19. The predicted octanol–water partition coefficient (Wildman–Crippen LogP) is 10.5. The SMILES string of the molecule is C=C(/C=C(/F)C(=C)C(=C)/C=C(/F)C(=C)OC(F)(F)F)OC(F)(F)C(=C)/C=C\C(=C)C(C)/C(F)=C(/F)C(C)CC. The summed E-state index contributed by atoms with van der Waals surface area (Å²) in [6, 6.07) is 0. The van der Waals surface area contributed by atoms with Gasteiger partial charge in [-0.25, -0.2) is 17.6 Å². The summed E-state index contributed by atoms with van der Waals surface area (Å²) in [4.78, 5) is 0. The second-order valence-electron chi connectivity index (χ2n) is 8.20. The number of hydrogen-bond donors (Lipinski definition) is 0. The maximum Gasteiger partial charge on any atom is 0.573 e. The van der Waals surface area contributed by atoms with Gasteiger partial charge in [-0.15, -0.1) is 13.2 Å². The number of allylic oxidation sites excluding steroid dienone is 10. The van der Waals surface area contributed by atoms with E-state index >= 15 is 0 Å². The first kappa shape index (κ1) is 35.4. The monoisotopic (exact) mass is 568 g/mol. The molecule has 0 fully saturated rings. The number of alkyl halides is 5. The van der Waals surface area contributed by atoms with Gasteiger partial charge in [0, 0.05) is 23.5 Å². The molecule has 0 amide bonds. The molecule has 0 aromatic heterocycles. The summed E-state index contributed by atoms with van der Waals surface area (Å²) in [5.74, 6) is -9.31. The second kappa shape index (κ2) is 14.5. The van der Waals surface area contributed by atoms with Crippen LogP contribution in [0.2, 0.25) is 0 Å². The molecule has 0 saturated carbocycles. The van der Waals surface area contributed by atoms with Crippen LogP contribution in [0.3, 0.4) is 0 Å². The van der Waals surface area contributed by atoms with Crippen molar-refractivity contribution in [3.8, 4) is 0 Å². The number of rotatable bonds is 15. The van der Waals surface area contributed by atoms with Crippen LogP contribution in [-0.2, 0) is 9.47 Å². The molecule has 0 bridgehead atoms. The highest BCUT2D eigenvalue weighted by Crippen LogP contribution is 2.33. The Balaban J connectivity index is 5.41. The van der Waals surface area contributed by atoms with Crippen molar-refractivity contribution in [2.24, 2.45) is 11.8 Å². The zero-order chi connectivity index (χ0) is 30.9. The van der Waals surface area contributed by atoms with Crippen LogP contribution in [0, 0.1) is 11.8 Å². The molecule has 0 radical (unpaired) electrons. The van der Waals surface area contributed by atoms with E-state index in [1.807, 2.05) is 0 Å². The van der Waals surface area contributed by atoms with E-state index in [0.717, 1.165) is 12.2 Å². The maximum atomic E-state index is 14.4. The summed E-state index contributed by atoms with van der Waals surface area (Å²) in [6.07, 6.45) is -6.65. The van der Waals surface area contributed by atoms with Crippen molar-refractivity contribution in [1.82, 2.24) is 0 Å².